The Morgan fingerprint density at radius 1 is 1.22 bits per heavy atom. The van der Waals surface area contributed by atoms with E-state index < -0.39 is 11.2 Å². The summed E-state index contributed by atoms with van der Waals surface area (Å²) < 4.78 is 4.52. The predicted molar refractivity (Wildman–Crippen MR) is 37.3 cm³/mol. The summed E-state index contributed by atoms with van der Waals surface area (Å²) in [7, 11) is 0. The van der Waals surface area contributed by atoms with Gasteiger partial charge in [-0.3, -0.25) is 4.29 Å². The lowest BCUT2D eigenvalue weighted by Gasteiger charge is -2.33. The third kappa shape index (κ3) is 2.12. The molecule has 0 unspecified atom stereocenters. The van der Waals surface area contributed by atoms with Gasteiger partial charge in [0.2, 0.25) is 0 Å². The molecule has 0 amide bonds. The van der Waals surface area contributed by atoms with E-state index in [2.05, 4.69) is 4.29 Å². The lowest BCUT2D eigenvalue weighted by atomic mass is 9.90. The van der Waals surface area contributed by atoms with Crippen molar-refractivity contribution in [3.8, 4) is 0 Å². The van der Waals surface area contributed by atoms with Crippen LogP contribution in [0.1, 0.15) is 27.7 Å². The molecule has 0 saturated heterocycles. The molecule has 9 heavy (non-hydrogen) atoms. The normalized spacial score (nSPS) is 14.0. The third-order valence-electron chi connectivity index (χ3n) is 1.67. The van der Waals surface area contributed by atoms with Gasteiger partial charge in [-0.2, -0.15) is 0 Å². The van der Waals surface area contributed by atoms with Crippen molar-refractivity contribution in [3.05, 3.63) is 0 Å². The van der Waals surface area contributed by atoms with E-state index in [4.69, 9.17) is 11.9 Å². The van der Waals surface area contributed by atoms with Crippen molar-refractivity contribution >= 4 is 11.9 Å². The molecule has 3 heteroatoms. The molecule has 0 aliphatic rings. The van der Waals surface area contributed by atoms with E-state index >= 15 is 0 Å². The maximum absolute atomic E-state index is 9.34. The van der Waals surface area contributed by atoms with Crippen LogP contribution in [-0.4, -0.2) is 16.3 Å². The Morgan fingerprint density at radius 3 is 1.56 bits per heavy atom. The first-order chi connectivity index (χ1) is 3.81. The Kier molecular flexibility index (Phi) is 2.50. The van der Waals surface area contributed by atoms with Crippen LogP contribution >= 0.6 is 11.9 Å². The second-order valence-electron chi connectivity index (χ2n) is 3.15. The van der Waals surface area contributed by atoms with Gasteiger partial charge in [0.1, 0.15) is 5.60 Å². The summed E-state index contributed by atoms with van der Waals surface area (Å²) >= 11 is 5.12. The van der Waals surface area contributed by atoms with E-state index in [1.807, 2.05) is 0 Å². The van der Waals surface area contributed by atoms with Crippen LogP contribution in [0.15, 0.2) is 0 Å². The van der Waals surface area contributed by atoms with E-state index in [0.29, 0.717) is 0 Å². The number of halogens is 1. The Bertz CT molecular complexity index is 93.7. The van der Waals surface area contributed by atoms with E-state index in [1.165, 1.54) is 0 Å². The van der Waals surface area contributed by atoms with Crippen molar-refractivity contribution in [1.29, 1.82) is 0 Å². The van der Waals surface area contributed by atoms with Gasteiger partial charge in [-0.25, -0.2) is 0 Å². The SMILES string of the molecule is CC(C)(O)C(C)(C)OCl. The Hall–Kier alpha value is 0.210. The molecule has 0 atom stereocenters. The molecule has 0 saturated carbocycles. The van der Waals surface area contributed by atoms with Crippen LogP contribution in [0.3, 0.4) is 0 Å². The first-order valence-electron chi connectivity index (χ1n) is 2.83. The molecule has 0 aliphatic heterocycles. The summed E-state index contributed by atoms with van der Waals surface area (Å²) in [6.07, 6.45) is 0. The van der Waals surface area contributed by atoms with Crippen LogP contribution in [0.2, 0.25) is 0 Å². The molecule has 0 aromatic heterocycles. The second kappa shape index (κ2) is 2.45. The maximum atomic E-state index is 9.34. The van der Waals surface area contributed by atoms with E-state index in [1.54, 1.807) is 27.7 Å². The second-order valence-corrected chi connectivity index (χ2v) is 3.30. The highest BCUT2D eigenvalue weighted by molar-refractivity contribution is 6.07. The molecule has 0 fully saturated rings. The molecule has 0 radical (unpaired) electrons. The van der Waals surface area contributed by atoms with Crippen LogP contribution in [0.25, 0.3) is 0 Å². The average Bonchev–Trinajstić information content (AvgIpc) is 1.64. The summed E-state index contributed by atoms with van der Waals surface area (Å²) in [5.74, 6) is 0. The fraction of sp³-hybridized carbons (Fsp3) is 1.00. The van der Waals surface area contributed by atoms with Crippen molar-refractivity contribution in [2.45, 2.75) is 38.9 Å². The summed E-state index contributed by atoms with van der Waals surface area (Å²) in [5.41, 5.74) is -1.61. The summed E-state index contributed by atoms with van der Waals surface area (Å²) in [5, 5.41) is 9.34. The lowest BCUT2D eigenvalue weighted by Crippen LogP contribution is -2.45. The average molecular weight is 153 g/mol. The number of rotatable bonds is 2. The topological polar surface area (TPSA) is 29.5 Å². The van der Waals surface area contributed by atoms with Crippen LogP contribution < -0.4 is 0 Å². The van der Waals surface area contributed by atoms with Gasteiger partial charge in [0.25, 0.3) is 0 Å². The molecule has 1 N–H and O–H groups in total. The molecule has 0 aromatic rings. The summed E-state index contributed by atoms with van der Waals surface area (Å²) in [4.78, 5) is 0. The van der Waals surface area contributed by atoms with Crippen molar-refractivity contribution in [2.75, 3.05) is 0 Å². The van der Waals surface area contributed by atoms with Crippen LogP contribution in [0.4, 0.5) is 0 Å². The van der Waals surface area contributed by atoms with E-state index in [-0.39, 0.29) is 0 Å². The van der Waals surface area contributed by atoms with Gasteiger partial charge in [0.05, 0.1) is 17.5 Å². The van der Waals surface area contributed by atoms with Crippen LogP contribution in [0, 0.1) is 0 Å². The molecule has 0 aliphatic carbocycles. The maximum Gasteiger partial charge on any atom is 0.112 e. The molecule has 0 spiro atoms. The molecule has 2 nitrogen and oxygen atoms in total. The number of hydrogen-bond acceptors (Lipinski definition) is 2. The van der Waals surface area contributed by atoms with E-state index in [0.717, 1.165) is 0 Å². The first-order valence-corrected chi connectivity index (χ1v) is 3.14. The van der Waals surface area contributed by atoms with Crippen molar-refractivity contribution in [1.82, 2.24) is 0 Å². The van der Waals surface area contributed by atoms with E-state index in [9.17, 15) is 5.11 Å². The first kappa shape index (κ1) is 9.21. The highest BCUT2D eigenvalue weighted by atomic mass is 35.5. The lowest BCUT2D eigenvalue weighted by molar-refractivity contribution is -0.0871. The highest BCUT2D eigenvalue weighted by Gasteiger charge is 2.36. The Balaban J connectivity index is 4.14. The number of hydrogen-bond donors (Lipinski definition) is 1. The van der Waals surface area contributed by atoms with Gasteiger partial charge in [-0.15, -0.1) is 0 Å². The fourth-order valence-corrected chi connectivity index (χ4v) is 0.283. The van der Waals surface area contributed by atoms with Crippen LogP contribution in [-0.2, 0) is 4.29 Å². The number of aliphatic hydroxyl groups is 1. The molecule has 56 valence electrons. The minimum atomic E-state index is -0.908. The molecular weight excluding hydrogens is 140 g/mol. The van der Waals surface area contributed by atoms with Crippen molar-refractivity contribution in [2.24, 2.45) is 0 Å². The third-order valence-corrected chi connectivity index (χ3v) is 2.05. The molecule has 0 heterocycles. The largest absolute Gasteiger partial charge is 0.387 e. The van der Waals surface area contributed by atoms with Crippen molar-refractivity contribution in [3.63, 3.8) is 0 Å². The monoisotopic (exact) mass is 152 g/mol. The zero-order chi connectivity index (χ0) is 7.71. The molecular formula is C6H13ClO2. The Labute approximate surface area is 60.9 Å². The van der Waals surface area contributed by atoms with Crippen LogP contribution in [0.5, 0.6) is 0 Å². The molecule has 0 rings (SSSR count). The molecule has 0 aromatic carbocycles. The quantitative estimate of drug-likeness (QED) is 0.653. The minimum Gasteiger partial charge on any atom is -0.387 e. The zero-order valence-electron chi connectivity index (χ0n) is 6.23. The summed E-state index contributed by atoms with van der Waals surface area (Å²) in [6.45, 7) is 6.74. The van der Waals surface area contributed by atoms with Gasteiger partial charge >= 0.3 is 0 Å². The van der Waals surface area contributed by atoms with Gasteiger partial charge in [0.15, 0.2) is 0 Å². The summed E-state index contributed by atoms with van der Waals surface area (Å²) in [6, 6.07) is 0. The fourth-order valence-electron chi connectivity index (χ4n) is 0.0944. The Morgan fingerprint density at radius 2 is 1.56 bits per heavy atom. The minimum absolute atomic E-state index is 0.700. The molecule has 0 bridgehead atoms. The smallest absolute Gasteiger partial charge is 0.112 e. The van der Waals surface area contributed by atoms with Crippen molar-refractivity contribution < 1.29 is 9.40 Å². The van der Waals surface area contributed by atoms with Gasteiger partial charge in [0, 0.05) is 0 Å². The van der Waals surface area contributed by atoms with Gasteiger partial charge < -0.3 is 5.11 Å². The van der Waals surface area contributed by atoms with Gasteiger partial charge in [-0.1, -0.05) is 0 Å². The van der Waals surface area contributed by atoms with Gasteiger partial charge in [-0.05, 0) is 27.7 Å². The highest BCUT2D eigenvalue weighted by Crippen LogP contribution is 2.25. The standard InChI is InChI=1S/C6H13ClO2/c1-5(2,8)6(3,4)9-7/h8H,1-4H3. The predicted octanol–water partition coefficient (Wildman–Crippen LogP) is 1.71. The zero-order valence-corrected chi connectivity index (χ0v) is 6.99.